The van der Waals surface area contributed by atoms with Crippen LogP contribution >= 0.6 is 0 Å². The molecule has 1 aliphatic rings. The van der Waals surface area contributed by atoms with Crippen molar-refractivity contribution >= 4 is 5.91 Å². The van der Waals surface area contributed by atoms with Crippen LogP contribution in [0.5, 0.6) is 0 Å². The third-order valence-corrected chi connectivity index (χ3v) is 4.63. The number of nitrogens with zero attached hydrogens (tertiary/aromatic N) is 2. The lowest BCUT2D eigenvalue weighted by Gasteiger charge is -2.35. The molecule has 25 heavy (non-hydrogen) atoms. The maximum absolute atomic E-state index is 13.1. The summed E-state index contributed by atoms with van der Waals surface area (Å²) in [6, 6.07) is 15.9. The Kier molecular flexibility index (Phi) is 4.06. The van der Waals surface area contributed by atoms with Crippen LogP contribution in [-0.2, 0) is 17.6 Å². The van der Waals surface area contributed by atoms with Gasteiger partial charge >= 0.3 is 0 Å². The lowest BCUT2D eigenvalue weighted by molar-refractivity contribution is -0.132. The molecule has 1 aromatic heterocycles. The van der Waals surface area contributed by atoms with E-state index in [-0.39, 0.29) is 24.2 Å². The summed E-state index contributed by atoms with van der Waals surface area (Å²) in [4.78, 5) is 22.5. The number of benzene rings is 2. The number of hydrogen-bond donors (Lipinski definition) is 1. The van der Waals surface area contributed by atoms with Crippen LogP contribution in [0.3, 0.4) is 0 Å². The smallest absolute Gasteiger partial charge is 0.227 e. The van der Waals surface area contributed by atoms with Crippen LogP contribution in [0.1, 0.15) is 28.6 Å². The number of amides is 1. The summed E-state index contributed by atoms with van der Waals surface area (Å²) in [6.45, 7) is 0.634. The third-order valence-electron chi connectivity index (χ3n) is 4.63. The summed E-state index contributed by atoms with van der Waals surface area (Å²) >= 11 is 0. The average Bonchev–Trinajstić information content (AvgIpc) is 3.12. The first kappa shape index (κ1) is 15.6. The summed E-state index contributed by atoms with van der Waals surface area (Å²) in [5.74, 6) is -0.272. The molecule has 0 spiro atoms. The monoisotopic (exact) mass is 335 g/mol. The average molecular weight is 335 g/mol. The van der Waals surface area contributed by atoms with Crippen molar-refractivity contribution in [1.82, 2.24) is 14.9 Å². The Hall–Kier alpha value is -2.95. The number of carbonyl (C=O) groups excluding carboxylic acids is 1. The molecular formula is C20H18FN3O. The first-order valence-corrected chi connectivity index (χ1v) is 8.33. The molecule has 1 N–H and O–H groups in total. The minimum atomic E-state index is -0.294. The molecule has 1 amide bonds. The second kappa shape index (κ2) is 6.51. The maximum atomic E-state index is 13.1. The number of hydrogen-bond acceptors (Lipinski definition) is 2. The van der Waals surface area contributed by atoms with E-state index in [9.17, 15) is 9.18 Å². The minimum Gasteiger partial charge on any atom is -0.348 e. The van der Waals surface area contributed by atoms with Gasteiger partial charge in [-0.2, -0.15) is 0 Å². The zero-order valence-electron chi connectivity index (χ0n) is 13.7. The highest BCUT2D eigenvalue weighted by atomic mass is 19.1. The molecule has 1 aliphatic heterocycles. The van der Waals surface area contributed by atoms with Gasteiger partial charge in [-0.3, -0.25) is 4.79 Å². The number of halogens is 1. The van der Waals surface area contributed by atoms with E-state index in [2.05, 4.69) is 9.97 Å². The highest BCUT2D eigenvalue weighted by Crippen LogP contribution is 2.33. The molecule has 3 aromatic rings. The van der Waals surface area contributed by atoms with E-state index in [0.717, 1.165) is 28.9 Å². The summed E-state index contributed by atoms with van der Waals surface area (Å²) < 4.78 is 13.1. The number of fused-ring (bicyclic) bond motifs is 1. The van der Waals surface area contributed by atoms with Gasteiger partial charge in [0.25, 0.3) is 0 Å². The van der Waals surface area contributed by atoms with Crippen molar-refractivity contribution in [1.29, 1.82) is 0 Å². The van der Waals surface area contributed by atoms with Crippen molar-refractivity contribution in [3.8, 4) is 0 Å². The molecule has 2 heterocycles. The molecule has 1 atom stereocenters. The Morgan fingerprint density at radius 1 is 1.16 bits per heavy atom. The Labute approximate surface area is 145 Å². The van der Waals surface area contributed by atoms with E-state index in [1.165, 1.54) is 12.1 Å². The predicted molar refractivity (Wildman–Crippen MR) is 92.4 cm³/mol. The number of aromatic amines is 1. The van der Waals surface area contributed by atoms with Gasteiger partial charge < -0.3 is 9.88 Å². The van der Waals surface area contributed by atoms with Gasteiger partial charge in [0.2, 0.25) is 5.91 Å². The highest BCUT2D eigenvalue weighted by Gasteiger charge is 2.33. The summed E-state index contributed by atoms with van der Waals surface area (Å²) in [6.07, 6.45) is 2.70. The number of carbonyl (C=O) groups is 1. The molecule has 5 heteroatoms. The largest absolute Gasteiger partial charge is 0.348 e. The first-order valence-electron chi connectivity index (χ1n) is 8.33. The SMILES string of the molecule is O=C(Cc1ccc(F)cc1)N1CCc2[nH]cnc2[C@H]1c1ccccc1. The molecular weight excluding hydrogens is 317 g/mol. The lowest BCUT2D eigenvalue weighted by atomic mass is 9.95. The standard InChI is InChI=1S/C20H18FN3O/c21-16-8-6-14(7-9-16)12-18(25)24-11-10-17-19(23-13-22-17)20(24)15-4-2-1-3-5-15/h1-9,13,20H,10-12H2,(H,22,23)/t20-/m1/s1. The molecule has 0 unspecified atom stereocenters. The lowest BCUT2D eigenvalue weighted by Crippen LogP contribution is -2.41. The summed E-state index contributed by atoms with van der Waals surface area (Å²) in [5, 5.41) is 0. The van der Waals surface area contributed by atoms with Crippen LogP contribution in [0.4, 0.5) is 4.39 Å². The van der Waals surface area contributed by atoms with Crippen molar-refractivity contribution < 1.29 is 9.18 Å². The van der Waals surface area contributed by atoms with Crippen molar-refractivity contribution in [3.63, 3.8) is 0 Å². The minimum absolute atomic E-state index is 0.0223. The molecule has 126 valence electrons. The van der Waals surface area contributed by atoms with Crippen molar-refractivity contribution in [3.05, 3.63) is 89.3 Å². The Morgan fingerprint density at radius 3 is 2.68 bits per heavy atom. The van der Waals surface area contributed by atoms with Gasteiger partial charge in [0.05, 0.1) is 18.4 Å². The zero-order chi connectivity index (χ0) is 17.2. The fraction of sp³-hybridized carbons (Fsp3) is 0.200. The van der Waals surface area contributed by atoms with Crippen molar-refractivity contribution in [2.75, 3.05) is 6.54 Å². The topological polar surface area (TPSA) is 49.0 Å². The fourth-order valence-corrected chi connectivity index (χ4v) is 3.40. The van der Waals surface area contributed by atoms with Gasteiger partial charge in [-0.05, 0) is 23.3 Å². The van der Waals surface area contributed by atoms with Crippen LogP contribution in [0.2, 0.25) is 0 Å². The number of H-pyrrole nitrogens is 1. The van der Waals surface area contributed by atoms with Crippen LogP contribution < -0.4 is 0 Å². The van der Waals surface area contributed by atoms with E-state index in [1.807, 2.05) is 35.2 Å². The van der Waals surface area contributed by atoms with E-state index in [4.69, 9.17) is 0 Å². The van der Waals surface area contributed by atoms with Gasteiger partial charge in [0, 0.05) is 18.7 Å². The molecule has 0 saturated heterocycles. The summed E-state index contributed by atoms with van der Waals surface area (Å²) in [7, 11) is 0. The number of rotatable bonds is 3. The third kappa shape index (κ3) is 3.05. The number of aromatic nitrogens is 2. The molecule has 4 rings (SSSR count). The van der Waals surface area contributed by atoms with E-state index < -0.39 is 0 Å². The molecule has 0 saturated carbocycles. The van der Waals surface area contributed by atoms with Crippen LogP contribution in [0, 0.1) is 5.82 Å². The molecule has 0 radical (unpaired) electrons. The van der Waals surface area contributed by atoms with Gasteiger partial charge in [-0.1, -0.05) is 42.5 Å². The Balaban J connectivity index is 1.65. The first-order chi connectivity index (χ1) is 12.2. The fourth-order valence-electron chi connectivity index (χ4n) is 3.40. The summed E-state index contributed by atoms with van der Waals surface area (Å²) in [5.41, 5.74) is 3.85. The Morgan fingerprint density at radius 2 is 1.92 bits per heavy atom. The van der Waals surface area contributed by atoms with Crippen molar-refractivity contribution in [2.45, 2.75) is 18.9 Å². The van der Waals surface area contributed by atoms with Crippen LogP contribution in [0.15, 0.2) is 60.9 Å². The quantitative estimate of drug-likeness (QED) is 0.799. The van der Waals surface area contributed by atoms with Gasteiger partial charge in [0.15, 0.2) is 0 Å². The molecule has 0 bridgehead atoms. The van der Waals surface area contributed by atoms with E-state index in [0.29, 0.717) is 6.54 Å². The van der Waals surface area contributed by atoms with Gasteiger partial charge in [0.1, 0.15) is 11.9 Å². The number of imidazole rings is 1. The van der Waals surface area contributed by atoms with Crippen LogP contribution in [0.25, 0.3) is 0 Å². The second-order valence-electron chi connectivity index (χ2n) is 6.22. The van der Waals surface area contributed by atoms with Gasteiger partial charge in [-0.25, -0.2) is 9.37 Å². The maximum Gasteiger partial charge on any atom is 0.227 e. The van der Waals surface area contributed by atoms with Crippen molar-refractivity contribution in [2.24, 2.45) is 0 Å². The Bertz CT molecular complexity index is 873. The van der Waals surface area contributed by atoms with E-state index >= 15 is 0 Å². The zero-order valence-corrected chi connectivity index (χ0v) is 13.7. The predicted octanol–water partition coefficient (Wildman–Crippen LogP) is 3.27. The van der Waals surface area contributed by atoms with E-state index in [1.54, 1.807) is 18.5 Å². The molecule has 0 aliphatic carbocycles. The van der Waals surface area contributed by atoms with Gasteiger partial charge in [-0.15, -0.1) is 0 Å². The molecule has 2 aromatic carbocycles. The van der Waals surface area contributed by atoms with Crippen LogP contribution in [-0.4, -0.2) is 27.3 Å². The molecule has 0 fully saturated rings. The normalized spacial score (nSPS) is 16.5. The number of nitrogens with one attached hydrogen (secondary N) is 1. The molecule has 4 nitrogen and oxygen atoms in total. The second-order valence-corrected chi connectivity index (χ2v) is 6.22. The highest BCUT2D eigenvalue weighted by molar-refractivity contribution is 5.80.